The van der Waals surface area contributed by atoms with E-state index >= 15 is 0 Å². The molecule has 7 aromatic carbocycles. The minimum atomic E-state index is -0.158. The topological polar surface area (TPSA) is 25.8 Å². The predicted octanol–water partition coefficient (Wildman–Crippen LogP) is 12.3. The highest BCUT2D eigenvalue weighted by molar-refractivity contribution is 6.04. The molecule has 1 aliphatic carbocycles. The summed E-state index contributed by atoms with van der Waals surface area (Å²) in [6.45, 7) is 4.71. The van der Waals surface area contributed by atoms with Gasteiger partial charge >= 0.3 is 0 Å². The number of aromatic nitrogens is 2. The van der Waals surface area contributed by atoms with E-state index in [1.165, 1.54) is 44.2 Å². The van der Waals surface area contributed by atoms with E-state index in [0.717, 1.165) is 39.2 Å². The van der Waals surface area contributed by atoms with Crippen LogP contribution in [0.25, 0.3) is 78.1 Å². The zero-order valence-electron chi connectivity index (χ0n) is 27.6. The van der Waals surface area contributed by atoms with Crippen molar-refractivity contribution in [3.63, 3.8) is 0 Å². The van der Waals surface area contributed by atoms with Crippen LogP contribution in [0.15, 0.2) is 170 Å². The van der Waals surface area contributed by atoms with Crippen LogP contribution in [0.1, 0.15) is 25.0 Å². The SMILES string of the molecule is CC1(C)c2ccccc2-c2c(-c3cc(-c4cc(-c5ccccc5)cc(-c5ccccc5)c4)nc(-c4ccccc4)n3)cc3ccccc3c21. The van der Waals surface area contributed by atoms with Crippen molar-refractivity contribution in [2.75, 3.05) is 0 Å². The zero-order chi connectivity index (χ0) is 33.0. The molecule has 49 heavy (non-hydrogen) atoms. The van der Waals surface area contributed by atoms with Crippen molar-refractivity contribution in [3.05, 3.63) is 181 Å². The summed E-state index contributed by atoms with van der Waals surface area (Å²) in [5.74, 6) is 0.715. The molecule has 1 aliphatic rings. The number of benzene rings is 7. The third kappa shape index (κ3) is 4.96. The molecule has 9 rings (SSSR count). The molecule has 0 fully saturated rings. The van der Waals surface area contributed by atoms with E-state index in [9.17, 15) is 0 Å². The Labute approximate surface area is 287 Å². The molecule has 0 bridgehead atoms. The summed E-state index contributed by atoms with van der Waals surface area (Å²) < 4.78 is 0. The summed E-state index contributed by atoms with van der Waals surface area (Å²) in [4.78, 5) is 10.6. The minimum absolute atomic E-state index is 0.158. The fraction of sp³-hybridized carbons (Fsp3) is 0.0638. The van der Waals surface area contributed by atoms with Gasteiger partial charge in [-0.15, -0.1) is 0 Å². The number of rotatable bonds is 5. The minimum Gasteiger partial charge on any atom is -0.228 e. The Morgan fingerprint density at radius 3 is 1.61 bits per heavy atom. The molecule has 0 atom stereocenters. The van der Waals surface area contributed by atoms with Gasteiger partial charge in [0.05, 0.1) is 11.4 Å². The number of nitrogens with zero attached hydrogens (tertiary/aromatic N) is 2. The van der Waals surface area contributed by atoms with Crippen LogP contribution in [0.2, 0.25) is 0 Å². The van der Waals surface area contributed by atoms with Crippen molar-refractivity contribution >= 4 is 10.8 Å². The zero-order valence-corrected chi connectivity index (χ0v) is 27.6. The fourth-order valence-electron chi connectivity index (χ4n) is 7.68. The Morgan fingerprint density at radius 1 is 0.408 bits per heavy atom. The first-order valence-electron chi connectivity index (χ1n) is 16.9. The molecule has 0 aliphatic heterocycles. The second kappa shape index (κ2) is 11.5. The third-order valence-corrected chi connectivity index (χ3v) is 10.0. The first-order chi connectivity index (χ1) is 24.0. The van der Waals surface area contributed by atoms with Gasteiger partial charge in [-0.3, -0.25) is 0 Å². The Balaban J connectivity index is 1.34. The molecule has 1 aromatic heterocycles. The van der Waals surface area contributed by atoms with Crippen LogP contribution in [-0.2, 0) is 5.41 Å². The van der Waals surface area contributed by atoms with E-state index in [2.05, 4.69) is 178 Å². The maximum atomic E-state index is 5.35. The van der Waals surface area contributed by atoms with Crippen LogP contribution < -0.4 is 0 Å². The van der Waals surface area contributed by atoms with Crippen molar-refractivity contribution in [2.45, 2.75) is 19.3 Å². The lowest BCUT2D eigenvalue weighted by Crippen LogP contribution is -2.15. The van der Waals surface area contributed by atoms with Gasteiger partial charge in [0.15, 0.2) is 5.82 Å². The van der Waals surface area contributed by atoms with Crippen molar-refractivity contribution < 1.29 is 0 Å². The third-order valence-electron chi connectivity index (χ3n) is 10.0. The van der Waals surface area contributed by atoms with Crippen molar-refractivity contribution in [2.24, 2.45) is 0 Å². The highest BCUT2D eigenvalue weighted by Gasteiger charge is 2.38. The van der Waals surface area contributed by atoms with Crippen molar-refractivity contribution in [3.8, 4) is 67.3 Å². The second-order valence-electron chi connectivity index (χ2n) is 13.4. The monoisotopic (exact) mass is 626 g/mol. The van der Waals surface area contributed by atoms with E-state index in [4.69, 9.17) is 9.97 Å². The molecule has 0 unspecified atom stereocenters. The van der Waals surface area contributed by atoms with Crippen LogP contribution in [0, 0.1) is 0 Å². The van der Waals surface area contributed by atoms with E-state index in [0.29, 0.717) is 5.82 Å². The standard InChI is InChI=1S/C47H34N2/c1-47(2)41-25-15-14-24-39(41)44-40(29-34-22-12-13-23-38(34)45(44)47)43-30-42(48-46(49-43)33-20-10-5-11-21-33)37-27-35(31-16-6-3-7-17-31)26-36(28-37)32-18-8-4-9-19-32/h3-30H,1-2H3. The summed E-state index contributed by atoms with van der Waals surface area (Å²) in [7, 11) is 0. The lowest BCUT2D eigenvalue weighted by Gasteiger charge is -2.24. The van der Waals surface area contributed by atoms with Gasteiger partial charge in [0.25, 0.3) is 0 Å². The van der Waals surface area contributed by atoms with Crippen LogP contribution in [0.4, 0.5) is 0 Å². The average Bonchev–Trinajstić information content (AvgIpc) is 3.42. The van der Waals surface area contributed by atoms with Gasteiger partial charge < -0.3 is 0 Å². The van der Waals surface area contributed by atoms with Crippen LogP contribution in [-0.4, -0.2) is 9.97 Å². The molecular formula is C47H34N2. The summed E-state index contributed by atoms with van der Waals surface area (Å²) in [6, 6.07) is 60.6. The van der Waals surface area contributed by atoms with Gasteiger partial charge in [0.1, 0.15) is 0 Å². The Hall–Kier alpha value is -6.12. The van der Waals surface area contributed by atoms with E-state index in [1.807, 2.05) is 6.07 Å². The Bertz CT molecular complexity index is 2440. The van der Waals surface area contributed by atoms with Gasteiger partial charge in [-0.05, 0) is 85.6 Å². The van der Waals surface area contributed by atoms with Gasteiger partial charge in [-0.25, -0.2) is 9.97 Å². The predicted molar refractivity (Wildman–Crippen MR) is 204 cm³/mol. The smallest absolute Gasteiger partial charge is 0.160 e. The molecule has 8 aromatic rings. The van der Waals surface area contributed by atoms with Gasteiger partial charge in [0.2, 0.25) is 0 Å². The lowest BCUT2D eigenvalue weighted by atomic mass is 9.79. The maximum Gasteiger partial charge on any atom is 0.160 e. The molecule has 0 saturated heterocycles. The van der Waals surface area contributed by atoms with E-state index < -0.39 is 0 Å². The van der Waals surface area contributed by atoms with Gasteiger partial charge in [-0.1, -0.05) is 153 Å². The molecule has 0 saturated carbocycles. The molecule has 0 amide bonds. The quantitative estimate of drug-likeness (QED) is 0.190. The maximum absolute atomic E-state index is 5.35. The second-order valence-corrected chi connectivity index (χ2v) is 13.4. The summed E-state index contributed by atoms with van der Waals surface area (Å²) >= 11 is 0. The summed E-state index contributed by atoms with van der Waals surface area (Å²) in [5.41, 5.74) is 14.7. The molecule has 2 heteroatoms. The molecule has 1 heterocycles. The normalized spacial score (nSPS) is 12.9. The molecule has 0 radical (unpaired) electrons. The van der Waals surface area contributed by atoms with E-state index in [-0.39, 0.29) is 5.41 Å². The van der Waals surface area contributed by atoms with Crippen LogP contribution >= 0.6 is 0 Å². The first kappa shape index (κ1) is 29.1. The van der Waals surface area contributed by atoms with Gasteiger partial charge in [0, 0.05) is 22.1 Å². The number of hydrogen-bond donors (Lipinski definition) is 0. The fourth-order valence-corrected chi connectivity index (χ4v) is 7.68. The van der Waals surface area contributed by atoms with Crippen LogP contribution in [0.5, 0.6) is 0 Å². The lowest BCUT2D eigenvalue weighted by molar-refractivity contribution is 0.666. The molecule has 0 spiro atoms. The van der Waals surface area contributed by atoms with Crippen molar-refractivity contribution in [1.29, 1.82) is 0 Å². The molecule has 232 valence electrons. The summed E-state index contributed by atoms with van der Waals surface area (Å²) in [5, 5.41) is 2.51. The number of hydrogen-bond acceptors (Lipinski definition) is 2. The Kier molecular flexibility index (Phi) is 6.84. The highest BCUT2D eigenvalue weighted by Crippen LogP contribution is 2.54. The van der Waals surface area contributed by atoms with Gasteiger partial charge in [-0.2, -0.15) is 0 Å². The Morgan fingerprint density at radius 2 is 0.939 bits per heavy atom. The first-order valence-corrected chi connectivity index (χ1v) is 16.9. The molecule has 0 N–H and O–H groups in total. The largest absolute Gasteiger partial charge is 0.228 e. The molecule has 2 nitrogen and oxygen atoms in total. The van der Waals surface area contributed by atoms with E-state index in [1.54, 1.807) is 0 Å². The average molecular weight is 627 g/mol. The van der Waals surface area contributed by atoms with Crippen molar-refractivity contribution in [1.82, 2.24) is 9.97 Å². The summed E-state index contributed by atoms with van der Waals surface area (Å²) in [6.07, 6.45) is 0. The highest BCUT2D eigenvalue weighted by atomic mass is 14.9. The van der Waals surface area contributed by atoms with Crippen LogP contribution in [0.3, 0.4) is 0 Å². The number of fused-ring (bicyclic) bond motifs is 5. The molecular weight excluding hydrogens is 593 g/mol.